The minimum Gasteiger partial charge on any atom is -0.324 e. The fraction of sp³-hybridized carbons (Fsp3) is 0.333. The predicted octanol–water partition coefficient (Wildman–Crippen LogP) is 4.13. The highest BCUT2D eigenvalue weighted by atomic mass is 19.4. The number of carbonyl (C=O) groups excluding carboxylic acids is 2. The van der Waals surface area contributed by atoms with Crippen molar-refractivity contribution in [2.24, 2.45) is 5.92 Å². The number of amides is 1. The molecule has 1 unspecified atom stereocenters. The molecule has 0 radical (unpaired) electrons. The van der Waals surface area contributed by atoms with E-state index in [1.807, 2.05) is 0 Å². The maximum Gasteiger partial charge on any atom is 0.393 e. The summed E-state index contributed by atoms with van der Waals surface area (Å²) in [5.41, 5.74) is 1.19. The lowest BCUT2D eigenvalue weighted by Gasteiger charge is -2.33. The average Bonchev–Trinajstić information content (AvgIpc) is 2.68. The highest BCUT2D eigenvalue weighted by Gasteiger charge is 2.41. The lowest BCUT2D eigenvalue weighted by Crippen LogP contribution is -2.44. The molecule has 1 fully saturated rings. The summed E-state index contributed by atoms with van der Waals surface area (Å²) in [5.74, 6) is -2.07. The molecule has 1 atom stereocenters. The first kappa shape index (κ1) is 20.1. The van der Waals surface area contributed by atoms with Gasteiger partial charge in [-0.25, -0.2) is 0 Å². The predicted molar refractivity (Wildman–Crippen MR) is 100 cm³/mol. The van der Waals surface area contributed by atoms with E-state index in [9.17, 15) is 22.8 Å². The lowest BCUT2D eigenvalue weighted by molar-refractivity contribution is -0.186. The minimum absolute atomic E-state index is 0.0933. The molecule has 148 valence electrons. The number of carbonyl (C=O) groups is 2. The molecule has 2 aromatic carbocycles. The van der Waals surface area contributed by atoms with Crippen molar-refractivity contribution in [3.05, 3.63) is 65.7 Å². The standard InChI is InChI=1S/C21H21F3N2O2/c22-21(23,24)16-9-6-12-26(13-16)14-19(27)25-18-11-5-4-10-17(18)20(28)15-7-2-1-3-8-15/h1-5,7-8,10-11,16H,6,9,12-14H2,(H,25,27). The van der Waals surface area contributed by atoms with Gasteiger partial charge < -0.3 is 5.32 Å². The normalized spacial score (nSPS) is 17.9. The third-order valence-electron chi connectivity index (χ3n) is 4.82. The zero-order valence-electron chi connectivity index (χ0n) is 15.2. The first-order chi connectivity index (χ1) is 13.3. The highest BCUT2D eigenvalue weighted by Crippen LogP contribution is 2.33. The molecule has 1 heterocycles. The van der Waals surface area contributed by atoms with Crippen molar-refractivity contribution in [2.75, 3.05) is 25.0 Å². The molecule has 4 nitrogen and oxygen atoms in total. The van der Waals surface area contributed by atoms with Crippen molar-refractivity contribution in [3.63, 3.8) is 0 Å². The van der Waals surface area contributed by atoms with E-state index in [1.165, 1.54) is 4.90 Å². The number of piperidine rings is 1. The summed E-state index contributed by atoms with van der Waals surface area (Å²) in [6.07, 6.45) is -3.75. The summed E-state index contributed by atoms with van der Waals surface area (Å²) in [5, 5.41) is 2.68. The number of para-hydroxylation sites is 1. The van der Waals surface area contributed by atoms with Gasteiger partial charge in [-0.05, 0) is 31.5 Å². The summed E-state index contributed by atoms with van der Waals surface area (Å²) in [4.78, 5) is 26.6. The maximum absolute atomic E-state index is 12.9. The SMILES string of the molecule is O=C(CN1CCCC(C(F)(F)F)C1)Nc1ccccc1C(=O)c1ccccc1. The lowest BCUT2D eigenvalue weighted by atomic mass is 9.97. The Balaban J connectivity index is 1.67. The van der Waals surface area contributed by atoms with Crippen LogP contribution in [-0.4, -0.2) is 42.4 Å². The number of anilines is 1. The molecule has 1 aliphatic heterocycles. The Kier molecular flexibility index (Phi) is 6.14. The Morgan fingerprint density at radius 3 is 2.43 bits per heavy atom. The molecule has 0 aliphatic carbocycles. The van der Waals surface area contributed by atoms with Gasteiger partial charge in [-0.1, -0.05) is 42.5 Å². The molecule has 0 saturated carbocycles. The number of nitrogens with one attached hydrogen (secondary N) is 1. The summed E-state index contributed by atoms with van der Waals surface area (Å²) < 4.78 is 38.8. The Labute approximate surface area is 161 Å². The third-order valence-corrected chi connectivity index (χ3v) is 4.82. The van der Waals surface area contributed by atoms with Gasteiger partial charge in [0.2, 0.25) is 5.91 Å². The molecule has 1 saturated heterocycles. The van der Waals surface area contributed by atoms with Crippen molar-refractivity contribution in [1.82, 2.24) is 4.90 Å². The van der Waals surface area contributed by atoms with Gasteiger partial charge in [0.1, 0.15) is 0 Å². The van der Waals surface area contributed by atoms with Crippen LogP contribution in [0.1, 0.15) is 28.8 Å². The largest absolute Gasteiger partial charge is 0.393 e. The average molecular weight is 390 g/mol. The number of rotatable bonds is 5. The van der Waals surface area contributed by atoms with Crippen LogP contribution in [0.15, 0.2) is 54.6 Å². The smallest absolute Gasteiger partial charge is 0.324 e. The van der Waals surface area contributed by atoms with Crippen LogP contribution < -0.4 is 5.32 Å². The number of hydrogen-bond donors (Lipinski definition) is 1. The van der Waals surface area contributed by atoms with Gasteiger partial charge in [0.15, 0.2) is 5.78 Å². The van der Waals surface area contributed by atoms with Gasteiger partial charge in [0.25, 0.3) is 0 Å². The summed E-state index contributed by atoms with van der Waals surface area (Å²) >= 11 is 0. The quantitative estimate of drug-likeness (QED) is 0.781. The van der Waals surface area contributed by atoms with Crippen LogP contribution in [0.3, 0.4) is 0 Å². The molecule has 0 bridgehead atoms. The molecule has 1 N–H and O–H groups in total. The van der Waals surface area contributed by atoms with Gasteiger partial charge in [0.05, 0.1) is 18.2 Å². The van der Waals surface area contributed by atoms with Crippen LogP contribution in [0.5, 0.6) is 0 Å². The van der Waals surface area contributed by atoms with Gasteiger partial charge in [-0.3, -0.25) is 14.5 Å². The molecule has 0 aromatic heterocycles. The highest BCUT2D eigenvalue weighted by molar-refractivity contribution is 6.13. The van der Waals surface area contributed by atoms with Gasteiger partial charge in [0, 0.05) is 17.7 Å². The number of alkyl halides is 3. The number of hydrogen-bond acceptors (Lipinski definition) is 3. The summed E-state index contributed by atoms with van der Waals surface area (Å²) in [6.45, 7) is 0.131. The van der Waals surface area contributed by atoms with Gasteiger partial charge in [-0.2, -0.15) is 13.2 Å². The maximum atomic E-state index is 12.9. The number of nitrogens with zero attached hydrogens (tertiary/aromatic N) is 1. The Morgan fingerprint density at radius 2 is 1.71 bits per heavy atom. The fourth-order valence-electron chi connectivity index (χ4n) is 3.39. The number of benzene rings is 2. The molecule has 2 aromatic rings. The summed E-state index contributed by atoms with van der Waals surface area (Å²) in [7, 11) is 0. The zero-order valence-corrected chi connectivity index (χ0v) is 15.2. The Bertz CT molecular complexity index is 837. The molecular formula is C21H21F3N2O2. The molecule has 28 heavy (non-hydrogen) atoms. The van der Waals surface area contributed by atoms with Crippen molar-refractivity contribution in [2.45, 2.75) is 19.0 Å². The van der Waals surface area contributed by atoms with E-state index in [-0.39, 0.29) is 25.3 Å². The molecule has 0 spiro atoms. The minimum atomic E-state index is -4.25. The molecule has 1 amide bonds. The molecule has 1 aliphatic rings. The van der Waals surface area contributed by atoms with Gasteiger partial charge in [-0.15, -0.1) is 0 Å². The second kappa shape index (κ2) is 8.56. The summed E-state index contributed by atoms with van der Waals surface area (Å²) in [6, 6.07) is 15.3. The monoisotopic (exact) mass is 390 g/mol. The van der Waals surface area contributed by atoms with Crippen molar-refractivity contribution in [1.29, 1.82) is 0 Å². The van der Waals surface area contributed by atoms with Crippen LogP contribution in [0, 0.1) is 5.92 Å². The van der Waals surface area contributed by atoms with Crippen LogP contribution in [-0.2, 0) is 4.79 Å². The topological polar surface area (TPSA) is 49.4 Å². The van der Waals surface area contributed by atoms with Crippen molar-refractivity contribution >= 4 is 17.4 Å². The van der Waals surface area contributed by atoms with E-state index in [1.54, 1.807) is 54.6 Å². The van der Waals surface area contributed by atoms with E-state index < -0.39 is 18.0 Å². The van der Waals surface area contributed by atoms with Crippen molar-refractivity contribution in [3.8, 4) is 0 Å². The molecule has 7 heteroatoms. The van der Waals surface area contributed by atoms with E-state index in [4.69, 9.17) is 0 Å². The van der Waals surface area contributed by atoms with E-state index in [0.717, 1.165) is 0 Å². The van der Waals surface area contributed by atoms with E-state index >= 15 is 0 Å². The van der Waals surface area contributed by atoms with Crippen LogP contribution in [0.25, 0.3) is 0 Å². The van der Waals surface area contributed by atoms with Crippen LogP contribution in [0.4, 0.5) is 18.9 Å². The first-order valence-corrected chi connectivity index (χ1v) is 9.12. The van der Waals surface area contributed by atoms with Crippen LogP contribution >= 0.6 is 0 Å². The first-order valence-electron chi connectivity index (χ1n) is 9.12. The van der Waals surface area contributed by atoms with E-state index in [0.29, 0.717) is 29.8 Å². The second-order valence-electron chi connectivity index (χ2n) is 6.90. The Morgan fingerprint density at radius 1 is 1.04 bits per heavy atom. The number of ketones is 1. The third kappa shape index (κ3) is 4.98. The molecular weight excluding hydrogens is 369 g/mol. The van der Waals surface area contributed by atoms with Crippen LogP contribution in [0.2, 0.25) is 0 Å². The van der Waals surface area contributed by atoms with Gasteiger partial charge >= 0.3 is 6.18 Å². The second-order valence-corrected chi connectivity index (χ2v) is 6.90. The Hall–Kier alpha value is -2.67. The molecule has 3 rings (SSSR count). The van der Waals surface area contributed by atoms with E-state index in [2.05, 4.69) is 5.32 Å². The number of likely N-dealkylation sites (tertiary alicyclic amines) is 1. The number of halogens is 3. The zero-order chi connectivity index (χ0) is 20.1. The fourth-order valence-corrected chi connectivity index (χ4v) is 3.39. The van der Waals surface area contributed by atoms with Crippen molar-refractivity contribution < 1.29 is 22.8 Å².